The number of carboxylic acid groups (broad SMARTS) is 1. The highest BCUT2D eigenvalue weighted by atomic mass is 16.4. The van der Waals surface area contributed by atoms with Gasteiger partial charge in [-0.15, -0.1) is 0 Å². The van der Waals surface area contributed by atoms with E-state index in [0.717, 1.165) is 35.2 Å². The SMILES string of the molecule is O=C(O)CCc1ccc(-c2cccc(NC(=O)NC3CC3)c2)cc1. The number of carboxylic acids is 1. The third kappa shape index (κ3) is 4.59. The van der Waals surface area contributed by atoms with Gasteiger partial charge in [-0.05, 0) is 48.1 Å². The molecule has 24 heavy (non-hydrogen) atoms. The molecule has 0 aliphatic heterocycles. The molecule has 2 amide bonds. The first-order chi connectivity index (χ1) is 11.6. The van der Waals surface area contributed by atoms with E-state index in [0.29, 0.717) is 12.5 Å². The normalized spacial score (nSPS) is 13.3. The summed E-state index contributed by atoms with van der Waals surface area (Å²) < 4.78 is 0. The first-order valence-electron chi connectivity index (χ1n) is 8.09. The topological polar surface area (TPSA) is 78.4 Å². The van der Waals surface area contributed by atoms with Crippen LogP contribution in [0, 0.1) is 0 Å². The van der Waals surface area contributed by atoms with Crippen LogP contribution in [0.15, 0.2) is 48.5 Å². The largest absolute Gasteiger partial charge is 0.481 e. The minimum absolute atomic E-state index is 0.134. The molecule has 1 aliphatic rings. The molecule has 0 atom stereocenters. The Labute approximate surface area is 140 Å². The Morgan fingerprint density at radius 3 is 2.46 bits per heavy atom. The van der Waals surface area contributed by atoms with E-state index in [1.165, 1.54) is 0 Å². The van der Waals surface area contributed by atoms with Crippen LogP contribution in [-0.2, 0) is 11.2 Å². The summed E-state index contributed by atoms with van der Waals surface area (Å²) in [5, 5.41) is 14.5. The predicted molar refractivity (Wildman–Crippen MR) is 93.0 cm³/mol. The lowest BCUT2D eigenvalue weighted by molar-refractivity contribution is -0.136. The number of benzene rings is 2. The van der Waals surface area contributed by atoms with Crippen LogP contribution in [-0.4, -0.2) is 23.1 Å². The Hall–Kier alpha value is -2.82. The summed E-state index contributed by atoms with van der Waals surface area (Å²) in [5.74, 6) is -0.790. The zero-order valence-electron chi connectivity index (χ0n) is 13.3. The van der Waals surface area contributed by atoms with Crippen LogP contribution in [0.2, 0.25) is 0 Å². The Bertz CT molecular complexity index is 737. The van der Waals surface area contributed by atoms with Crippen LogP contribution in [0.25, 0.3) is 11.1 Å². The standard InChI is InChI=1S/C19H20N2O3/c22-18(23)11-6-13-4-7-14(8-5-13)15-2-1-3-17(12-15)21-19(24)20-16-9-10-16/h1-5,7-8,12,16H,6,9-11H2,(H,22,23)(H2,20,21,24). The van der Waals surface area contributed by atoms with E-state index >= 15 is 0 Å². The second kappa shape index (κ2) is 7.17. The molecule has 0 bridgehead atoms. The summed E-state index contributed by atoms with van der Waals surface area (Å²) in [7, 11) is 0. The summed E-state index contributed by atoms with van der Waals surface area (Å²) in [6.45, 7) is 0. The molecular formula is C19H20N2O3. The first-order valence-corrected chi connectivity index (χ1v) is 8.09. The van der Waals surface area contributed by atoms with Crippen molar-refractivity contribution in [2.75, 3.05) is 5.32 Å². The number of rotatable bonds is 6. The zero-order valence-corrected chi connectivity index (χ0v) is 13.3. The third-order valence-electron chi connectivity index (χ3n) is 3.95. The molecule has 1 fully saturated rings. The lowest BCUT2D eigenvalue weighted by Crippen LogP contribution is -2.30. The Morgan fingerprint density at radius 1 is 1.04 bits per heavy atom. The lowest BCUT2D eigenvalue weighted by Gasteiger charge is -2.09. The van der Waals surface area contributed by atoms with Crippen LogP contribution in [0.1, 0.15) is 24.8 Å². The molecule has 0 unspecified atom stereocenters. The third-order valence-corrected chi connectivity index (χ3v) is 3.95. The summed E-state index contributed by atoms with van der Waals surface area (Å²) in [6.07, 6.45) is 2.77. The van der Waals surface area contributed by atoms with Gasteiger partial charge in [0.05, 0.1) is 0 Å². The van der Waals surface area contributed by atoms with E-state index in [1.54, 1.807) is 0 Å². The molecule has 2 aromatic rings. The van der Waals surface area contributed by atoms with Gasteiger partial charge in [-0.2, -0.15) is 0 Å². The smallest absolute Gasteiger partial charge is 0.319 e. The van der Waals surface area contributed by atoms with Gasteiger partial charge in [0.15, 0.2) is 0 Å². The van der Waals surface area contributed by atoms with Gasteiger partial charge in [0.2, 0.25) is 0 Å². The zero-order chi connectivity index (χ0) is 16.9. The number of amides is 2. The fourth-order valence-electron chi connectivity index (χ4n) is 2.47. The van der Waals surface area contributed by atoms with Gasteiger partial charge in [0.1, 0.15) is 0 Å². The van der Waals surface area contributed by atoms with Crippen molar-refractivity contribution in [2.45, 2.75) is 31.7 Å². The van der Waals surface area contributed by atoms with E-state index in [9.17, 15) is 9.59 Å². The number of aryl methyl sites for hydroxylation is 1. The average molecular weight is 324 g/mol. The van der Waals surface area contributed by atoms with Gasteiger partial charge in [-0.1, -0.05) is 36.4 Å². The monoisotopic (exact) mass is 324 g/mol. The van der Waals surface area contributed by atoms with Crippen LogP contribution < -0.4 is 10.6 Å². The summed E-state index contributed by atoms with van der Waals surface area (Å²) in [4.78, 5) is 22.4. The Kier molecular flexibility index (Phi) is 4.79. The molecule has 1 saturated carbocycles. The fraction of sp³-hybridized carbons (Fsp3) is 0.263. The number of anilines is 1. The minimum Gasteiger partial charge on any atom is -0.481 e. The molecule has 3 rings (SSSR count). The van der Waals surface area contributed by atoms with Gasteiger partial charge < -0.3 is 15.7 Å². The summed E-state index contributed by atoms with van der Waals surface area (Å²) in [5.41, 5.74) is 3.78. The molecule has 0 radical (unpaired) electrons. The molecule has 3 N–H and O–H groups in total. The molecule has 5 nitrogen and oxygen atoms in total. The highest BCUT2D eigenvalue weighted by Crippen LogP contribution is 2.24. The van der Waals surface area contributed by atoms with Crippen LogP contribution in [0.5, 0.6) is 0 Å². The molecule has 0 saturated heterocycles. The van der Waals surface area contributed by atoms with Crippen LogP contribution in [0.4, 0.5) is 10.5 Å². The molecule has 5 heteroatoms. The van der Waals surface area contributed by atoms with Crippen molar-refractivity contribution in [1.29, 1.82) is 0 Å². The molecular weight excluding hydrogens is 304 g/mol. The second-order valence-electron chi connectivity index (χ2n) is 6.04. The molecule has 0 heterocycles. The quantitative estimate of drug-likeness (QED) is 0.759. The number of hydrogen-bond acceptors (Lipinski definition) is 2. The summed E-state index contributed by atoms with van der Waals surface area (Å²) in [6, 6.07) is 15.7. The van der Waals surface area contributed by atoms with Crippen LogP contribution in [0.3, 0.4) is 0 Å². The lowest BCUT2D eigenvalue weighted by atomic mass is 10.0. The Balaban J connectivity index is 1.66. The number of aliphatic carboxylic acids is 1. The maximum Gasteiger partial charge on any atom is 0.319 e. The average Bonchev–Trinajstić information content (AvgIpc) is 3.37. The van der Waals surface area contributed by atoms with Crippen molar-refractivity contribution >= 4 is 17.7 Å². The molecule has 2 aromatic carbocycles. The van der Waals surface area contributed by atoms with Gasteiger partial charge in [-0.25, -0.2) is 4.79 Å². The van der Waals surface area contributed by atoms with Crippen molar-refractivity contribution in [2.24, 2.45) is 0 Å². The van der Waals surface area contributed by atoms with Crippen LogP contribution >= 0.6 is 0 Å². The highest BCUT2D eigenvalue weighted by molar-refractivity contribution is 5.90. The second-order valence-corrected chi connectivity index (χ2v) is 6.04. The molecule has 124 valence electrons. The maximum atomic E-state index is 11.8. The molecule has 1 aliphatic carbocycles. The van der Waals surface area contributed by atoms with E-state index in [1.807, 2.05) is 48.5 Å². The van der Waals surface area contributed by atoms with Gasteiger partial charge in [0.25, 0.3) is 0 Å². The minimum atomic E-state index is -0.790. The number of nitrogens with one attached hydrogen (secondary N) is 2. The number of hydrogen-bond donors (Lipinski definition) is 3. The number of carbonyl (C=O) groups is 2. The van der Waals surface area contributed by atoms with E-state index in [4.69, 9.17) is 5.11 Å². The first kappa shape index (κ1) is 16.1. The van der Waals surface area contributed by atoms with Crippen molar-refractivity contribution < 1.29 is 14.7 Å². The van der Waals surface area contributed by atoms with Gasteiger partial charge >= 0.3 is 12.0 Å². The van der Waals surface area contributed by atoms with Gasteiger partial charge in [-0.3, -0.25) is 4.79 Å². The van der Waals surface area contributed by atoms with Crippen molar-refractivity contribution in [1.82, 2.24) is 5.32 Å². The molecule has 0 aromatic heterocycles. The highest BCUT2D eigenvalue weighted by Gasteiger charge is 2.23. The maximum absolute atomic E-state index is 11.8. The summed E-state index contributed by atoms with van der Waals surface area (Å²) >= 11 is 0. The fourth-order valence-corrected chi connectivity index (χ4v) is 2.47. The van der Waals surface area contributed by atoms with E-state index < -0.39 is 5.97 Å². The molecule has 0 spiro atoms. The predicted octanol–water partition coefficient (Wildman–Crippen LogP) is 3.65. The van der Waals surface area contributed by atoms with Gasteiger partial charge in [0, 0.05) is 18.2 Å². The number of urea groups is 1. The van der Waals surface area contributed by atoms with Crippen molar-refractivity contribution in [3.8, 4) is 11.1 Å². The Morgan fingerprint density at radius 2 is 1.79 bits per heavy atom. The van der Waals surface area contributed by atoms with Crippen molar-refractivity contribution in [3.63, 3.8) is 0 Å². The van der Waals surface area contributed by atoms with Crippen molar-refractivity contribution in [3.05, 3.63) is 54.1 Å². The van der Waals surface area contributed by atoms with E-state index in [-0.39, 0.29) is 12.5 Å². The van der Waals surface area contributed by atoms with E-state index in [2.05, 4.69) is 10.6 Å². The number of carbonyl (C=O) groups excluding carboxylic acids is 1.